The third-order valence-corrected chi connectivity index (χ3v) is 3.23. The molecule has 0 radical (unpaired) electrons. The molecule has 0 aliphatic heterocycles. The summed E-state index contributed by atoms with van der Waals surface area (Å²) >= 11 is 4.72. The van der Waals surface area contributed by atoms with E-state index < -0.39 is 0 Å². The van der Waals surface area contributed by atoms with Crippen molar-refractivity contribution in [3.8, 4) is 16.7 Å². The van der Waals surface area contributed by atoms with Crippen LogP contribution in [0.15, 0.2) is 34.2 Å². The largest absolute Gasteiger partial charge is 0.490 e. The van der Waals surface area contributed by atoms with E-state index in [0.29, 0.717) is 17.6 Å². The van der Waals surface area contributed by atoms with Crippen molar-refractivity contribution in [2.45, 2.75) is 6.92 Å². The number of hydrogen-bond donors (Lipinski definition) is 0. The summed E-state index contributed by atoms with van der Waals surface area (Å²) < 4.78 is 11.9. The lowest BCUT2D eigenvalue weighted by Crippen LogP contribution is -1.94. The molecule has 3 nitrogen and oxygen atoms in total. The van der Waals surface area contributed by atoms with Gasteiger partial charge in [0.05, 0.1) is 6.61 Å². The van der Waals surface area contributed by atoms with E-state index in [1.807, 2.05) is 36.6 Å². The fourth-order valence-corrected chi connectivity index (χ4v) is 2.29. The van der Waals surface area contributed by atoms with Crippen molar-refractivity contribution in [2.24, 2.45) is 0 Å². The van der Waals surface area contributed by atoms with Crippen LogP contribution >= 0.6 is 27.3 Å². The summed E-state index contributed by atoms with van der Waals surface area (Å²) in [5, 5.41) is 2.47. The van der Waals surface area contributed by atoms with Gasteiger partial charge in [0, 0.05) is 5.38 Å². The molecule has 2 aromatic rings. The van der Waals surface area contributed by atoms with E-state index in [1.54, 1.807) is 0 Å². The second-order valence-electron chi connectivity index (χ2n) is 2.92. The highest BCUT2D eigenvalue weighted by molar-refractivity contribution is 9.10. The van der Waals surface area contributed by atoms with Crippen molar-refractivity contribution >= 4 is 27.3 Å². The minimum atomic E-state index is 0.596. The summed E-state index contributed by atoms with van der Waals surface area (Å²) in [6.45, 7) is 2.55. The van der Waals surface area contributed by atoms with Crippen LogP contribution in [0.2, 0.25) is 0 Å². The number of benzene rings is 1. The summed E-state index contributed by atoms with van der Waals surface area (Å²) in [6, 6.07) is 7.55. The first-order chi connectivity index (χ1) is 7.79. The number of para-hydroxylation sites is 2. The molecule has 1 aromatic carbocycles. The SMILES string of the molecule is CCOc1ccccc1Oc1nc(Br)cs1. The predicted molar refractivity (Wildman–Crippen MR) is 67.5 cm³/mol. The van der Waals surface area contributed by atoms with Gasteiger partial charge in [-0.1, -0.05) is 23.5 Å². The molecule has 0 spiro atoms. The molecule has 0 atom stereocenters. The second-order valence-corrected chi connectivity index (χ2v) is 4.55. The Labute approximate surface area is 106 Å². The molecule has 0 N–H and O–H groups in total. The van der Waals surface area contributed by atoms with Gasteiger partial charge in [0.25, 0.3) is 5.19 Å². The van der Waals surface area contributed by atoms with Crippen LogP contribution in [0.3, 0.4) is 0 Å². The van der Waals surface area contributed by atoms with E-state index in [0.717, 1.165) is 10.4 Å². The molecule has 5 heteroatoms. The van der Waals surface area contributed by atoms with Crippen molar-refractivity contribution < 1.29 is 9.47 Å². The van der Waals surface area contributed by atoms with Crippen LogP contribution in [0, 0.1) is 0 Å². The highest BCUT2D eigenvalue weighted by atomic mass is 79.9. The Kier molecular flexibility index (Phi) is 3.79. The van der Waals surface area contributed by atoms with Gasteiger partial charge in [-0.3, -0.25) is 0 Å². The molecular weight excluding hydrogens is 290 g/mol. The van der Waals surface area contributed by atoms with Crippen LogP contribution < -0.4 is 9.47 Å². The van der Waals surface area contributed by atoms with Gasteiger partial charge in [0.2, 0.25) is 0 Å². The Hall–Kier alpha value is -1.07. The van der Waals surface area contributed by atoms with Crippen LogP contribution in [0.5, 0.6) is 16.7 Å². The fraction of sp³-hybridized carbons (Fsp3) is 0.182. The smallest absolute Gasteiger partial charge is 0.279 e. The Balaban J connectivity index is 2.20. The first-order valence-corrected chi connectivity index (χ1v) is 6.47. The van der Waals surface area contributed by atoms with Crippen molar-refractivity contribution in [1.29, 1.82) is 0 Å². The number of halogens is 1. The molecule has 0 bridgehead atoms. The van der Waals surface area contributed by atoms with E-state index in [2.05, 4.69) is 20.9 Å². The molecule has 16 heavy (non-hydrogen) atoms. The molecule has 1 heterocycles. The predicted octanol–water partition coefficient (Wildman–Crippen LogP) is 4.10. The van der Waals surface area contributed by atoms with Gasteiger partial charge < -0.3 is 9.47 Å². The van der Waals surface area contributed by atoms with Gasteiger partial charge in [-0.15, -0.1) is 0 Å². The first-order valence-electron chi connectivity index (χ1n) is 4.80. The lowest BCUT2D eigenvalue weighted by molar-refractivity contribution is 0.321. The normalized spacial score (nSPS) is 10.1. The van der Waals surface area contributed by atoms with Gasteiger partial charge in [-0.25, -0.2) is 0 Å². The third kappa shape index (κ3) is 2.74. The molecule has 0 unspecified atom stereocenters. The van der Waals surface area contributed by atoms with Crippen LogP contribution in [0.25, 0.3) is 0 Å². The van der Waals surface area contributed by atoms with Crippen molar-refractivity contribution in [3.63, 3.8) is 0 Å². The highest BCUT2D eigenvalue weighted by Gasteiger charge is 2.07. The van der Waals surface area contributed by atoms with Gasteiger partial charge in [-0.2, -0.15) is 4.98 Å². The van der Waals surface area contributed by atoms with E-state index >= 15 is 0 Å². The molecule has 0 saturated heterocycles. The Bertz CT molecular complexity index is 473. The monoisotopic (exact) mass is 299 g/mol. The van der Waals surface area contributed by atoms with Gasteiger partial charge in [-0.05, 0) is 35.0 Å². The molecule has 84 valence electrons. The fourth-order valence-electron chi connectivity index (χ4n) is 1.19. The molecular formula is C11H10BrNO2S. The lowest BCUT2D eigenvalue weighted by Gasteiger charge is -2.08. The van der Waals surface area contributed by atoms with Crippen LogP contribution in [0.1, 0.15) is 6.92 Å². The Morgan fingerprint density at radius 2 is 2.06 bits per heavy atom. The van der Waals surface area contributed by atoms with E-state index in [4.69, 9.17) is 9.47 Å². The Morgan fingerprint density at radius 3 is 2.69 bits per heavy atom. The molecule has 0 fully saturated rings. The van der Waals surface area contributed by atoms with Gasteiger partial charge in [0.15, 0.2) is 11.5 Å². The molecule has 0 saturated carbocycles. The molecule has 2 rings (SSSR count). The average molecular weight is 300 g/mol. The van der Waals surface area contributed by atoms with Crippen molar-refractivity contribution in [2.75, 3.05) is 6.61 Å². The average Bonchev–Trinajstić information content (AvgIpc) is 2.67. The minimum Gasteiger partial charge on any atom is -0.490 e. The lowest BCUT2D eigenvalue weighted by atomic mass is 10.3. The number of rotatable bonds is 4. The summed E-state index contributed by atoms with van der Waals surface area (Å²) in [5.41, 5.74) is 0. The first kappa shape index (κ1) is 11.4. The zero-order chi connectivity index (χ0) is 11.4. The topological polar surface area (TPSA) is 31.4 Å². The molecule has 0 amide bonds. The van der Waals surface area contributed by atoms with E-state index in [1.165, 1.54) is 11.3 Å². The number of nitrogens with zero attached hydrogens (tertiary/aromatic N) is 1. The third-order valence-electron chi connectivity index (χ3n) is 1.80. The zero-order valence-electron chi connectivity index (χ0n) is 8.64. The van der Waals surface area contributed by atoms with Crippen LogP contribution in [-0.2, 0) is 0 Å². The van der Waals surface area contributed by atoms with Gasteiger partial charge in [0.1, 0.15) is 4.60 Å². The minimum absolute atomic E-state index is 0.596. The van der Waals surface area contributed by atoms with Crippen LogP contribution in [0.4, 0.5) is 0 Å². The maximum absolute atomic E-state index is 5.64. The van der Waals surface area contributed by atoms with Gasteiger partial charge >= 0.3 is 0 Å². The number of thiazole rings is 1. The highest BCUT2D eigenvalue weighted by Crippen LogP contribution is 2.33. The summed E-state index contributed by atoms with van der Waals surface area (Å²) in [7, 11) is 0. The Morgan fingerprint density at radius 1 is 1.31 bits per heavy atom. The summed E-state index contributed by atoms with van der Waals surface area (Å²) in [5.74, 6) is 1.42. The van der Waals surface area contributed by atoms with Crippen molar-refractivity contribution in [1.82, 2.24) is 4.98 Å². The number of aromatic nitrogens is 1. The maximum Gasteiger partial charge on any atom is 0.279 e. The van der Waals surface area contributed by atoms with E-state index in [9.17, 15) is 0 Å². The molecule has 0 aliphatic rings. The second kappa shape index (κ2) is 5.32. The standard InChI is InChI=1S/C11H10BrNO2S/c1-2-14-8-5-3-4-6-9(8)15-11-13-10(12)7-16-11/h3-7H,2H2,1H3. The van der Waals surface area contributed by atoms with Crippen LogP contribution in [-0.4, -0.2) is 11.6 Å². The van der Waals surface area contributed by atoms with Crippen molar-refractivity contribution in [3.05, 3.63) is 34.2 Å². The summed E-state index contributed by atoms with van der Waals surface area (Å²) in [4.78, 5) is 4.16. The molecule has 0 aliphatic carbocycles. The summed E-state index contributed by atoms with van der Waals surface area (Å²) in [6.07, 6.45) is 0. The number of hydrogen-bond acceptors (Lipinski definition) is 4. The zero-order valence-corrected chi connectivity index (χ0v) is 11.0. The number of ether oxygens (including phenoxy) is 2. The molecule has 1 aromatic heterocycles. The quantitative estimate of drug-likeness (QED) is 0.852. The van der Waals surface area contributed by atoms with E-state index in [-0.39, 0.29) is 0 Å². The maximum atomic E-state index is 5.64.